The van der Waals surface area contributed by atoms with Gasteiger partial charge in [0.05, 0.1) is 5.69 Å². The molecular weight excluding hydrogens is 252 g/mol. The Morgan fingerprint density at radius 2 is 2.05 bits per heavy atom. The van der Waals surface area contributed by atoms with Crippen molar-refractivity contribution >= 4 is 11.6 Å². The average molecular weight is 278 g/mol. The number of nitrogens with zero attached hydrogens (tertiary/aromatic N) is 3. The van der Waals surface area contributed by atoms with E-state index >= 15 is 0 Å². The molecule has 2 N–H and O–H groups in total. The Morgan fingerprint density at radius 1 is 1.40 bits per heavy atom. The number of hydrogen-bond donors (Lipinski definition) is 1. The van der Waals surface area contributed by atoms with Crippen molar-refractivity contribution in [2.24, 2.45) is 0 Å². The van der Waals surface area contributed by atoms with Gasteiger partial charge in [-0.25, -0.2) is 0 Å². The highest BCUT2D eigenvalue weighted by Crippen LogP contribution is 2.36. The number of nitrogen functional groups attached to an aromatic ring is 1. The van der Waals surface area contributed by atoms with Crippen LogP contribution in [0.15, 0.2) is 12.3 Å². The third kappa shape index (κ3) is 2.54. The average Bonchev–Trinajstić information content (AvgIpc) is 2.73. The number of carbonyl (C=O) groups excluding carboxylic acids is 1. The molecule has 112 valence electrons. The summed E-state index contributed by atoms with van der Waals surface area (Å²) in [6.45, 7) is 3.54. The fraction of sp³-hybridized carbons (Fsp3) is 0.667. The third-order valence-electron chi connectivity index (χ3n) is 4.59. The van der Waals surface area contributed by atoms with Crippen LogP contribution in [-0.4, -0.2) is 53.5 Å². The van der Waals surface area contributed by atoms with Crippen molar-refractivity contribution in [1.82, 2.24) is 14.4 Å². The first kappa shape index (κ1) is 14.9. The lowest BCUT2D eigenvalue weighted by Gasteiger charge is -2.49. The van der Waals surface area contributed by atoms with E-state index < -0.39 is 0 Å². The van der Waals surface area contributed by atoms with Crippen molar-refractivity contribution in [2.75, 3.05) is 33.4 Å². The number of nitrogens with two attached hydrogens (primary N) is 1. The quantitative estimate of drug-likeness (QED) is 0.891. The number of likely N-dealkylation sites (N-methyl/N-ethyl adjacent to an activating group) is 2. The van der Waals surface area contributed by atoms with Crippen LogP contribution in [0.3, 0.4) is 0 Å². The molecule has 1 aliphatic carbocycles. The molecule has 0 atom stereocenters. The van der Waals surface area contributed by atoms with Crippen LogP contribution in [0.4, 0.5) is 5.69 Å². The van der Waals surface area contributed by atoms with Gasteiger partial charge in [-0.1, -0.05) is 0 Å². The molecule has 1 aliphatic rings. The first-order valence-electron chi connectivity index (χ1n) is 7.28. The van der Waals surface area contributed by atoms with E-state index in [9.17, 15) is 4.79 Å². The van der Waals surface area contributed by atoms with Gasteiger partial charge >= 0.3 is 0 Å². The van der Waals surface area contributed by atoms with Gasteiger partial charge in [-0.3, -0.25) is 4.79 Å². The van der Waals surface area contributed by atoms with Gasteiger partial charge in [0.2, 0.25) is 0 Å². The smallest absolute Gasteiger partial charge is 0.270 e. The van der Waals surface area contributed by atoms with E-state index in [0.29, 0.717) is 11.4 Å². The van der Waals surface area contributed by atoms with Gasteiger partial charge in [0.1, 0.15) is 5.69 Å². The van der Waals surface area contributed by atoms with Crippen LogP contribution in [0.1, 0.15) is 36.7 Å². The summed E-state index contributed by atoms with van der Waals surface area (Å²) in [6, 6.07) is 1.77. The van der Waals surface area contributed by atoms with Gasteiger partial charge in [0, 0.05) is 31.9 Å². The second-order valence-corrected chi connectivity index (χ2v) is 6.08. The van der Waals surface area contributed by atoms with Crippen LogP contribution in [0.5, 0.6) is 0 Å². The van der Waals surface area contributed by atoms with Crippen molar-refractivity contribution in [3.05, 3.63) is 18.0 Å². The van der Waals surface area contributed by atoms with Gasteiger partial charge < -0.3 is 20.1 Å². The number of aryl methyl sites for hydroxylation is 1. The number of amides is 1. The minimum atomic E-state index is 0.0525. The van der Waals surface area contributed by atoms with E-state index in [2.05, 4.69) is 19.0 Å². The van der Waals surface area contributed by atoms with Crippen LogP contribution in [0.2, 0.25) is 0 Å². The molecule has 0 aliphatic heterocycles. The zero-order chi connectivity index (χ0) is 14.9. The second-order valence-electron chi connectivity index (χ2n) is 6.08. The molecular formula is C15H26N4O. The maximum absolute atomic E-state index is 12.6. The van der Waals surface area contributed by atoms with Gasteiger partial charge in [-0.05, 0) is 46.3 Å². The summed E-state index contributed by atoms with van der Waals surface area (Å²) in [7, 11) is 6.09. The summed E-state index contributed by atoms with van der Waals surface area (Å²) in [5.41, 5.74) is 7.29. The summed E-state index contributed by atoms with van der Waals surface area (Å²) in [5, 5.41) is 0. The number of aromatic nitrogens is 1. The monoisotopic (exact) mass is 278 g/mol. The molecule has 5 heteroatoms. The topological polar surface area (TPSA) is 54.5 Å². The Balaban J connectivity index is 2.12. The molecule has 1 aromatic rings. The number of hydrogen-bond acceptors (Lipinski definition) is 3. The van der Waals surface area contributed by atoms with Crippen LogP contribution < -0.4 is 5.73 Å². The number of rotatable bonds is 5. The summed E-state index contributed by atoms with van der Waals surface area (Å²) in [6.07, 6.45) is 5.40. The van der Waals surface area contributed by atoms with Gasteiger partial charge in [0.15, 0.2) is 0 Å². The number of carbonyl (C=O) groups is 1. The van der Waals surface area contributed by atoms with E-state index in [-0.39, 0.29) is 11.4 Å². The van der Waals surface area contributed by atoms with Gasteiger partial charge in [-0.2, -0.15) is 0 Å². The lowest BCUT2D eigenvalue weighted by atomic mass is 9.75. The van der Waals surface area contributed by atoms with Gasteiger partial charge in [-0.15, -0.1) is 0 Å². The first-order valence-corrected chi connectivity index (χ1v) is 7.28. The molecule has 1 saturated carbocycles. The summed E-state index contributed by atoms with van der Waals surface area (Å²) >= 11 is 0. The molecule has 0 aromatic carbocycles. The maximum Gasteiger partial charge on any atom is 0.270 e. The van der Waals surface area contributed by atoms with Crippen LogP contribution >= 0.6 is 0 Å². The minimum Gasteiger partial charge on any atom is -0.397 e. The maximum atomic E-state index is 12.6. The summed E-state index contributed by atoms with van der Waals surface area (Å²) in [5.74, 6) is 0.0525. The Kier molecular flexibility index (Phi) is 4.09. The predicted octanol–water partition coefficient (Wildman–Crippen LogP) is 1.65. The SMILES string of the molecule is CCn1cc(N)cc1C(=O)N(C)CC1(N(C)C)CCC1. The first-order chi connectivity index (χ1) is 9.39. The fourth-order valence-electron chi connectivity index (χ4n) is 3.01. The Bertz CT molecular complexity index is 488. The van der Waals surface area contributed by atoms with Crippen molar-refractivity contribution in [3.8, 4) is 0 Å². The molecule has 20 heavy (non-hydrogen) atoms. The standard InChI is InChI=1S/C15H26N4O/c1-5-19-10-12(16)9-13(19)14(20)18(4)11-15(17(2)3)7-6-8-15/h9-10H,5-8,11,16H2,1-4H3. The lowest BCUT2D eigenvalue weighted by Crippen LogP contribution is -2.57. The van der Waals surface area contributed by atoms with Crippen LogP contribution in [0, 0.1) is 0 Å². The molecule has 5 nitrogen and oxygen atoms in total. The number of anilines is 1. The van der Waals surface area contributed by atoms with Crippen molar-refractivity contribution in [1.29, 1.82) is 0 Å². The summed E-state index contributed by atoms with van der Waals surface area (Å²) < 4.78 is 1.91. The van der Waals surface area contributed by atoms with Crippen molar-refractivity contribution in [2.45, 2.75) is 38.3 Å². The Morgan fingerprint density at radius 3 is 2.50 bits per heavy atom. The Hall–Kier alpha value is -1.49. The van der Waals surface area contributed by atoms with E-state index in [1.807, 2.05) is 29.6 Å². The van der Waals surface area contributed by atoms with Crippen LogP contribution in [-0.2, 0) is 6.54 Å². The zero-order valence-electron chi connectivity index (χ0n) is 13.0. The van der Waals surface area contributed by atoms with Crippen molar-refractivity contribution in [3.63, 3.8) is 0 Å². The van der Waals surface area contributed by atoms with E-state index in [1.165, 1.54) is 6.42 Å². The molecule has 2 rings (SSSR count). The molecule has 1 heterocycles. The summed E-state index contributed by atoms with van der Waals surface area (Å²) in [4.78, 5) is 16.7. The molecule has 0 saturated heterocycles. The highest BCUT2D eigenvalue weighted by Gasteiger charge is 2.40. The molecule has 0 spiro atoms. The highest BCUT2D eigenvalue weighted by atomic mass is 16.2. The lowest BCUT2D eigenvalue weighted by molar-refractivity contribution is 0.0248. The normalized spacial score (nSPS) is 17.1. The highest BCUT2D eigenvalue weighted by molar-refractivity contribution is 5.93. The van der Waals surface area contributed by atoms with Crippen LogP contribution in [0.25, 0.3) is 0 Å². The molecule has 0 radical (unpaired) electrons. The molecule has 1 fully saturated rings. The molecule has 1 amide bonds. The fourth-order valence-corrected chi connectivity index (χ4v) is 3.01. The van der Waals surface area contributed by atoms with Gasteiger partial charge in [0.25, 0.3) is 5.91 Å². The van der Waals surface area contributed by atoms with E-state index in [1.54, 1.807) is 6.07 Å². The predicted molar refractivity (Wildman–Crippen MR) is 81.7 cm³/mol. The molecule has 0 unspecified atom stereocenters. The zero-order valence-corrected chi connectivity index (χ0v) is 13.0. The molecule has 1 aromatic heterocycles. The second kappa shape index (κ2) is 5.48. The van der Waals surface area contributed by atoms with E-state index in [0.717, 1.165) is 25.9 Å². The molecule has 0 bridgehead atoms. The Labute approximate surface area is 121 Å². The largest absolute Gasteiger partial charge is 0.397 e. The van der Waals surface area contributed by atoms with E-state index in [4.69, 9.17) is 5.73 Å². The van der Waals surface area contributed by atoms with Crippen molar-refractivity contribution < 1.29 is 4.79 Å². The third-order valence-corrected chi connectivity index (χ3v) is 4.59. The minimum absolute atomic E-state index is 0.0525.